The molecule has 1 heterocycles. The van der Waals surface area contributed by atoms with Crippen LogP contribution in [0.4, 0.5) is 5.69 Å². The first kappa shape index (κ1) is 13.2. The Morgan fingerprint density at radius 3 is 2.83 bits per heavy atom. The summed E-state index contributed by atoms with van der Waals surface area (Å²) in [5.74, 6) is 0.258. The van der Waals surface area contributed by atoms with Crippen LogP contribution in [0.3, 0.4) is 0 Å². The Morgan fingerprint density at radius 1 is 1.50 bits per heavy atom. The van der Waals surface area contributed by atoms with E-state index in [1.807, 2.05) is 0 Å². The average Bonchev–Trinajstić information content (AvgIpc) is 2.85. The summed E-state index contributed by atoms with van der Waals surface area (Å²) >= 11 is 7.57. The molecule has 0 radical (unpaired) electrons. The van der Waals surface area contributed by atoms with Crippen LogP contribution >= 0.6 is 23.4 Å². The second kappa shape index (κ2) is 5.60. The topological polar surface area (TPSA) is 78.4 Å². The molecular weight excluding hydrogens is 276 g/mol. The summed E-state index contributed by atoms with van der Waals surface area (Å²) < 4.78 is 0. The first-order chi connectivity index (χ1) is 8.58. The molecule has 1 amide bonds. The van der Waals surface area contributed by atoms with Crippen molar-refractivity contribution < 1.29 is 14.7 Å². The smallest absolute Gasteiger partial charge is 0.335 e. The Labute approximate surface area is 113 Å². The van der Waals surface area contributed by atoms with Crippen molar-refractivity contribution in [3.63, 3.8) is 0 Å². The van der Waals surface area contributed by atoms with Crippen LogP contribution in [0.15, 0.2) is 18.2 Å². The Kier molecular flexibility index (Phi) is 4.11. The van der Waals surface area contributed by atoms with E-state index >= 15 is 0 Å². The van der Waals surface area contributed by atoms with Crippen LogP contribution in [-0.2, 0) is 4.79 Å². The third-order valence-electron chi connectivity index (χ3n) is 2.51. The van der Waals surface area contributed by atoms with Crippen LogP contribution < -0.4 is 10.6 Å². The summed E-state index contributed by atoms with van der Waals surface area (Å²) in [7, 11) is 0. The lowest BCUT2D eigenvalue weighted by Crippen LogP contribution is -2.37. The number of thioether (sulfide) groups is 1. The molecule has 1 atom stereocenters. The molecule has 1 fully saturated rings. The lowest BCUT2D eigenvalue weighted by Gasteiger charge is -2.11. The Morgan fingerprint density at radius 2 is 2.28 bits per heavy atom. The number of carbonyl (C=O) groups excluding carboxylic acids is 1. The van der Waals surface area contributed by atoms with Gasteiger partial charge in [-0.25, -0.2) is 4.79 Å². The quantitative estimate of drug-likeness (QED) is 0.787. The van der Waals surface area contributed by atoms with Crippen molar-refractivity contribution in [2.24, 2.45) is 0 Å². The molecule has 5 nitrogen and oxygen atoms in total. The summed E-state index contributed by atoms with van der Waals surface area (Å²) in [4.78, 5) is 22.6. The molecule has 7 heteroatoms. The van der Waals surface area contributed by atoms with Gasteiger partial charge in [0.05, 0.1) is 22.3 Å². The van der Waals surface area contributed by atoms with Crippen molar-refractivity contribution >= 4 is 40.9 Å². The van der Waals surface area contributed by atoms with Crippen molar-refractivity contribution in [1.29, 1.82) is 0 Å². The van der Waals surface area contributed by atoms with Crippen molar-refractivity contribution in [3.05, 3.63) is 28.8 Å². The minimum atomic E-state index is -1.05. The largest absolute Gasteiger partial charge is 0.478 e. The van der Waals surface area contributed by atoms with Gasteiger partial charge in [-0.05, 0) is 18.2 Å². The van der Waals surface area contributed by atoms with Gasteiger partial charge in [-0.15, -0.1) is 11.8 Å². The summed E-state index contributed by atoms with van der Waals surface area (Å²) in [6.45, 7) is 0. The highest BCUT2D eigenvalue weighted by atomic mass is 35.5. The zero-order valence-electron chi connectivity index (χ0n) is 9.27. The van der Waals surface area contributed by atoms with Gasteiger partial charge in [0.1, 0.15) is 0 Å². The lowest BCUT2D eigenvalue weighted by molar-refractivity contribution is -0.117. The van der Waals surface area contributed by atoms with Gasteiger partial charge < -0.3 is 10.4 Å². The maximum Gasteiger partial charge on any atom is 0.335 e. The van der Waals surface area contributed by atoms with Gasteiger partial charge >= 0.3 is 5.97 Å². The highest BCUT2D eigenvalue weighted by Gasteiger charge is 2.23. The van der Waals surface area contributed by atoms with E-state index in [-0.39, 0.29) is 22.5 Å². The minimum Gasteiger partial charge on any atom is -0.478 e. The van der Waals surface area contributed by atoms with Crippen molar-refractivity contribution in [1.82, 2.24) is 5.32 Å². The third-order valence-corrected chi connectivity index (χ3v) is 3.76. The normalized spacial score (nSPS) is 18.6. The molecule has 2 rings (SSSR count). The zero-order valence-corrected chi connectivity index (χ0v) is 10.8. The van der Waals surface area contributed by atoms with Gasteiger partial charge in [-0.3, -0.25) is 10.1 Å². The number of benzene rings is 1. The Balaban J connectivity index is 2.09. The van der Waals surface area contributed by atoms with E-state index in [1.54, 1.807) is 11.8 Å². The van der Waals surface area contributed by atoms with E-state index in [9.17, 15) is 9.59 Å². The number of rotatable bonds is 3. The van der Waals surface area contributed by atoms with Crippen LogP contribution in [0.25, 0.3) is 0 Å². The van der Waals surface area contributed by atoms with Crippen LogP contribution in [0.1, 0.15) is 10.4 Å². The number of halogens is 1. The number of carboxylic acid groups (broad SMARTS) is 1. The summed E-state index contributed by atoms with van der Waals surface area (Å²) in [5, 5.41) is 14.7. The number of hydrogen-bond acceptors (Lipinski definition) is 4. The van der Waals surface area contributed by atoms with Crippen LogP contribution in [0.2, 0.25) is 5.02 Å². The second-order valence-corrected chi connectivity index (χ2v) is 5.20. The predicted molar refractivity (Wildman–Crippen MR) is 71.3 cm³/mol. The summed E-state index contributed by atoms with van der Waals surface area (Å²) in [6, 6.07) is 3.98. The fraction of sp³-hybridized carbons (Fsp3) is 0.273. The van der Waals surface area contributed by atoms with E-state index in [1.165, 1.54) is 18.2 Å². The number of carbonyl (C=O) groups is 2. The van der Waals surface area contributed by atoms with E-state index in [2.05, 4.69) is 10.6 Å². The molecule has 1 aromatic rings. The number of anilines is 1. The molecule has 0 aromatic heterocycles. The van der Waals surface area contributed by atoms with Crippen molar-refractivity contribution in [2.75, 3.05) is 16.9 Å². The summed E-state index contributed by atoms with van der Waals surface area (Å²) in [6.07, 6.45) is 0. The van der Waals surface area contributed by atoms with Crippen molar-refractivity contribution in [2.45, 2.75) is 6.04 Å². The third kappa shape index (κ3) is 2.95. The second-order valence-electron chi connectivity index (χ2n) is 3.76. The molecule has 3 N–H and O–H groups in total. The summed E-state index contributed by atoms with van der Waals surface area (Å²) in [5.41, 5.74) is 0.512. The van der Waals surface area contributed by atoms with Crippen LogP contribution in [-0.4, -0.2) is 34.7 Å². The molecule has 0 aliphatic carbocycles. The minimum absolute atomic E-state index is 0.0903. The van der Waals surface area contributed by atoms with Crippen LogP contribution in [0, 0.1) is 0 Å². The fourth-order valence-corrected chi connectivity index (χ4v) is 2.70. The van der Waals surface area contributed by atoms with E-state index in [0.29, 0.717) is 5.69 Å². The number of aromatic carboxylic acids is 1. The van der Waals surface area contributed by atoms with Gasteiger partial charge in [-0.1, -0.05) is 11.6 Å². The fourth-order valence-electron chi connectivity index (χ4n) is 1.53. The monoisotopic (exact) mass is 286 g/mol. The molecule has 1 saturated heterocycles. The standard InChI is InChI=1S/C11H11ClN2O3S/c12-7-3-6(11(16)17)1-2-8(7)14-10(15)9-4-18-5-13-9/h1-3,9,13H,4-5H2,(H,14,15)(H,16,17). The van der Waals surface area contributed by atoms with E-state index in [0.717, 1.165) is 11.6 Å². The molecule has 1 aliphatic heterocycles. The maximum absolute atomic E-state index is 11.8. The molecular formula is C11H11ClN2O3S. The van der Waals surface area contributed by atoms with E-state index < -0.39 is 5.97 Å². The Bertz CT molecular complexity index is 489. The molecule has 0 spiro atoms. The first-order valence-electron chi connectivity index (χ1n) is 5.23. The van der Waals surface area contributed by atoms with Gasteiger partial charge in [-0.2, -0.15) is 0 Å². The van der Waals surface area contributed by atoms with Gasteiger partial charge in [0.15, 0.2) is 0 Å². The number of amides is 1. The van der Waals surface area contributed by atoms with Gasteiger partial charge in [0.2, 0.25) is 5.91 Å². The van der Waals surface area contributed by atoms with Gasteiger partial charge in [0.25, 0.3) is 0 Å². The average molecular weight is 287 g/mol. The van der Waals surface area contributed by atoms with Crippen molar-refractivity contribution in [3.8, 4) is 0 Å². The lowest BCUT2D eigenvalue weighted by atomic mass is 10.2. The molecule has 1 aliphatic rings. The molecule has 96 valence electrons. The highest BCUT2D eigenvalue weighted by molar-refractivity contribution is 7.99. The molecule has 0 saturated carbocycles. The SMILES string of the molecule is O=C(O)c1ccc(NC(=O)C2CSCN2)c(Cl)c1. The van der Waals surface area contributed by atoms with Gasteiger partial charge in [0, 0.05) is 11.6 Å². The maximum atomic E-state index is 11.8. The number of carboxylic acids is 1. The van der Waals surface area contributed by atoms with E-state index in [4.69, 9.17) is 16.7 Å². The molecule has 0 bridgehead atoms. The Hall–Kier alpha value is -1.24. The van der Waals surface area contributed by atoms with Crippen LogP contribution in [0.5, 0.6) is 0 Å². The number of nitrogens with one attached hydrogen (secondary N) is 2. The molecule has 1 unspecified atom stereocenters. The molecule has 18 heavy (non-hydrogen) atoms. The predicted octanol–water partition coefficient (Wildman–Crippen LogP) is 1.64. The highest BCUT2D eigenvalue weighted by Crippen LogP contribution is 2.23. The molecule has 1 aromatic carbocycles. The zero-order chi connectivity index (χ0) is 13.1. The number of hydrogen-bond donors (Lipinski definition) is 3. The first-order valence-corrected chi connectivity index (χ1v) is 6.76.